The summed E-state index contributed by atoms with van der Waals surface area (Å²) in [6.07, 6.45) is 0. The van der Waals surface area contributed by atoms with Crippen LogP contribution in [0.15, 0.2) is 24.3 Å². The van der Waals surface area contributed by atoms with Crippen molar-refractivity contribution in [1.82, 2.24) is 4.98 Å². The normalized spacial score (nSPS) is 9.55. The Kier molecular flexibility index (Phi) is 4.38. The van der Waals surface area contributed by atoms with Crippen molar-refractivity contribution in [2.24, 2.45) is 0 Å². The number of carbonyl (C=O) groups is 1. The fourth-order valence-electron chi connectivity index (χ4n) is 1.55. The predicted octanol–water partition coefficient (Wildman–Crippen LogP) is 2.82. The van der Waals surface area contributed by atoms with E-state index < -0.39 is 0 Å². The van der Waals surface area contributed by atoms with Crippen molar-refractivity contribution in [2.45, 2.75) is 13.8 Å². The van der Waals surface area contributed by atoms with Gasteiger partial charge in [0.2, 0.25) is 5.91 Å². The molecule has 0 aliphatic carbocycles. The molecule has 2 aromatic rings. The van der Waals surface area contributed by atoms with Crippen molar-refractivity contribution < 1.29 is 9.53 Å². The Bertz CT molecular complexity index is 695. The summed E-state index contributed by atoms with van der Waals surface area (Å²) in [5.41, 5.74) is 1.69. The number of hydrogen-bond donors (Lipinski definition) is 1. The molecule has 4 nitrogen and oxygen atoms in total. The third kappa shape index (κ3) is 3.59. The fraction of sp³-hybridized carbons (Fsp3) is 0.200. The number of anilines is 1. The van der Waals surface area contributed by atoms with Gasteiger partial charge in [-0.2, -0.15) is 0 Å². The van der Waals surface area contributed by atoms with Crippen LogP contribution in [-0.2, 0) is 4.79 Å². The highest BCUT2D eigenvalue weighted by Gasteiger charge is 2.06. The summed E-state index contributed by atoms with van der Waals surface area (Å²) in [6, 6.07) is 7.56. The minimum absolute atomic E-state index is 0.133. The first-order chi connectivity index (χ1) is 9.58. The molecule has 2 rings (SSSR count). The third-order valence-corrected chi connectivity index (χ3v) is 3.46. The van der Waals surface area contributed by atoms with Gasteiger partial charge in [0.25, 0.3) is 0 Å². The summed E-state index contributed by atoms with van der Waals surface area (Å²) in [4.78, 5) is 16.1. The van der Waals surface area contributed by atoms with E-state index in [2.05, 4.69) is 22.1 Å². The molecule has 1 aromatic carbocycles. The van der Waals surface area contributed by atoms with Crippen molar-refractivity contribution in [1.29, 1.82) is 0 Å². The van der Waals surface area contributed by atoms with Crippen LogP contribution >= 0.6 is 11.3 Å². The Morgan fingerprint density at radius 3 is 2.90 bits per heavy atom. The van der Waals surface area contributed by atoms with Crippen LogP contribution < -0.4 is 10.1 Å². The zero-order chi connectivity index (χ0) is 14.5. The number of aryl methyl sites for hydroxylation is 1. The molecule has 0 aliphatic heterocycles. The first-order valence-electron chi connectivity index (χ1n) is 5.99. The molecule has 1 amide bonds. The number of aromatic nitrogens is 1. The van der Waals surface area contributed by atoms with Crippen LogP contribution in [-0.4, -0.2) is 18.0 Å². The number of hydrogen-bond acceptors (Lipinski definition) is 4. The largest absolute Gasteiger partial charge is 0.497 e. The van der Waals surface area contributed by atoms with Crippen molar-refractivity contribution in [3.63, 3.8) is 0 Å². The molecule has 20 heavy (non-hydrogen) atoms. The third-order valence-electron chi connectivity index (χ3n) is 2.47. The number of carbonyl (C=O) groups excluding carboxylic acids is 1. The SMILES string of the molecule is COc1cccc(C#Cc2sc(NC(C)=O)nc2C)c1. The Hall–Kier alpha value is -2.32. The number of thiazole rings is 1. The molecular weight excluding hydrogens is 272 g/mol. The summed E-state index contributed by atoms with van der Waals surface area (Å²) in [7, 11) is 1.62. The second-order valence-electron chi connectivity index (χ2n) is 4.10. The lowest BCUT2D eigenvalue weighted by atomic mass is 10.2. The van der Waals surface area contributed by atoms with E-state index in [4.69, 9.17) is 4.74 Å². The smallest absolute Gasteiger partial charge is 0.223 e. The molecule has 0 saturated carbocycles. The van der Waals surface area contributed by atoms with Crippen LogP contribution in [0.3, 0.4) is 0 Å². The lowest BCUT2D eigenvalue weighted by Gasteiger charge is -1.97. The molecular formula is C15H14N2O2S. The van der Waals surface area contributed by atoms with E-state index in [9.17, 15) is 4.79 Å². The van der Waals surface area contributed by atoms with E-state index in [1.165, 1.54) is 18.3 Å². The minimum Gasteiger partial charge on any atom is -0.497 e. The van der Waals surface area contributed by atoms with Gasteiger partial charge in [0.1, 0.15) is 10.6 Å². The Labute approximate surface area is 121 Å². The zero-order valence-corrected chi connectivity index (χ0v) is 12.3. The first-order valence-corrected chi connectivity index (χ1v) is 6.81. The van der Waals surface area contributed by atoms with E-state index in [0.717, 1.165) is 21.9 Å². The molecule has 1 aromatic heterocycles. The maximum Gasteiger partial charge on any atom is 0.223 e. The molecule has 0 fully saturated rings. The molecule has 0 unspecified atom stereocenters. The van der Waals surface area contributed by atoms with Crippen molar-refractivity contribution >= 4 is 22.4 Å². The fourth-order valence-corrected chi connectivity index (χ4v) is 2.41. The maximum atomic E-state index is 11.0. The van der Waals surface area contributed by atoms with Crippen molar-refractivity contribution in [2.75, 3.05) is 12.4 Å². The van der Waals surface area contributed by atoms with E-state index in [-0.39, 0.29) is 5.91 Å². The van der Waals surface area contributed by atoms with E-state index in [1.807, 2.05) is 31.2 Å². The molecule has 1 N–H and O–H groups in total. The summed E-state index contributed by atoms with van der Waals surface area (Å²) in [5.74, 6) is 6.79. The molecule has 0 aliphatic rings. The molecule has 0 radical (unpaired) electrons. The number of rotatable bonds is 2. The summed E-state index contributed by atoms with van der Waals surface area (Å²) < 4.78 is 5.15. The van der Waals surface area contributed by atoms with Gasteiger partial charge in [-0.3, -0.25) is 4.79 Å². The average Bonchev–Trinajstić information content (AvgIpc) is 2.76. The second kappa shape index (κ2) is 6.22. The van der Waals surface area contributed by atoms with E-state index in [0.29, 0.717) is 5.13 Å². The zero-order valence-electron chi connectivity index (χ0n) is 11.5. The number of benzene rings is 1. The highest BCUT2D eigenvalue weighted by molar-refractivity contribution is 7.16. The van der Waals surface area contributed by atoms with Crippen molar-refractivity contribution in [3.05, 3.63) is 40.4 Å². The molecule has 0 saturated heterocycles. The Morgan fingerprint density at radius 1 is 1.40 bits per heavy atom. The summed E-state index contributed by atoms with van der Waals surface area (Å²) >= 11 is 1.37. The van der Waals surface area contributed by atoms with Gasteiger partial charge >= 0.3 is 0 Å². The Morgan fingerprint density at radius 2 is 2.20 bits per heavy atom. The van der Waals surface area contributed by atoms with E-state index in [1.54, 1.807) is 7.11 Å². The molecule has 0 bridgehead atoms. The number of methoxy groups -OCH3 is 1. The van der Waals surface area contributed by atoms with Crippen LogP contribution in [0.1, 0.15) is 23.1 Å². The number of nitrogens with zero attached hydrogens (tertiary/aromatic N) is 1. The predicted molar refractivity (Wildman–Crippen MR) is 80.1 cm³/mol. The van der Waals surface area contributed by atoms with Crippen LogP contribution in [0.4, 0.5) is 5.13 Å². The maximum absolute atomic E-state index is 11.0. The molecule has 1 heterocycles. The van der Waals surface area contributed by atoms with Gasteiger partial charge in [-0.25, -0.2) is 4.98 Å². The van der Waals surface area contributed by atoms with Crippen molar-refractivity contribution in [3.8, 4) is 17.6 Å². The first kappa shape index (κ1) is 14.1. The van der Waals surface area contributed by atoms with Gasteiger partial charge < -0.3 is 10.1 Å². The molecule has 102 valence electrons. The van der Waals surface area contributed by atoms with Crippen LogP contribution in [0.25, 0.3) is 0 Å². The van der Waals surface area contributed by atoms with Gasteiger partial charge in [-0.1, -0.05) is 23.3 Å². The summed E-state index contributed by atoms with van der Waals surface area (Å²) in [5, 5.41) is 3.24. The second-order valence-corrected chi connectivity index (χ2v) is 5.10. The average molecular weight is 286 g/mol. The number of nitrogens with one attached hydrogen (secondary N) is 1. The van der Waals surface area contributed by atoms with E-state index >= 15 is 0 Å². The molecule has 0 spiro atoms. The van der Waals surface area contributed by atoms with Gasteiger partial charge in [0, 0.05) is 12.5 Å². The quantitative estimate of drug-likeness (QED) is 0.864. The van der Waals surface area contributed by atoms with Gasteiger partial charge in [0.15, 0.2) is 5.13 Å². The highest BCUT2D eigenvalue weighted by Crippen LogP contribution is 2.21. The topological polar surface area (TPSA) is 51.2 Å². The lowest BCUT2D eigenvalue weighted by molar-refractivity contribution is -0.114. The van der Waals surface area contributed by atoms with Crippen LogP contribution in [0.5, 0.6) is 5.75 Å². The molecule has 5 heteroatoms. The Balaban J connectivity index is 2.23. The standard InChI is InChI=1S/C15H14N2O2S/c1-10-14(20-15(16-10)17-11(2)18)8-7-12-5-4-6-13(9-12)19-3/h4-6,9H,1-3H3,(H,16,17,18). The van der Waals surface area contributed by atoms with Crippen LogP contribution in [0, 0.1) is 18.8 Å². The monoisotopic (exact) mass is 286 g/mol. The molecule has 0 atom stereocenters. The number of amides is 1. The van der Waals surface area contributed by atoms with Gasteiger partial charge in [0.05, 0.1) is 12.8 Å². The number of ether oxygens (including phenoxy) is 1. The van der Waals surface area contributed by atoms with Gasteiger partial charge in [-0.15, -0.1) is 0 Å². The minimum atomic E-state index is -0.133. The summed E-state index contributed by atoms with van der Waals surface area (Å²) in [6.45, 7) is 3.33. The van der Waals surface area contributed by atoms with Crippen LogP contribution in [0.2, 0.25) is 0 Å². The lowest BCUT2D eigenvalue weighted by Crippen LogP contribution is -2.04. The van der Waals surface area contributed by atoms with Gasteiger partial charge in [-0.05, 0) is 31.0 Å². The highest BCUT2D eigenvalue weighted by atomic mass is 32.1.